The lowest BCUT2D eigenvalue weighted by Crippen LogP contribution is -2.34. The molecule has 0 aliphatic carbocycles. The zero-order chi connectivity index (χ0) is 15.7. The summed E-state index contributed by atoms with van der Waals surface area (Å²) in [6, 6.07) is 13.1. The molecule has 0 spiro atoms. The molecule has 1 atom stereocenters. The molecule has 2 aromatic rings. The van der Waals surface area contributed by atoms with E-state index in [0.717, 1.165) is 5.69 Å². The maximum atomic E-state index is 12.5. The molecule has 3 rings (SSSR count). The fourth-order valence-electron chi connectivity index (χ4n) is 2.38. The van der Waals surface area contributed by atoms with Gasteiger partial charge in [0, 0.05) is 15.7 Å². The van der Waals surface area contributed by atoms with E-state index in [1.165, 1.54) is 4.90 Å². The minimum absolute atomic E-state index is 0.105. The standard InChI is InChI=1S/C16H12Cl2N2O2/c17-10-4-6-12(7-5-10)19-14-9-15(21)20(16(14)22)13-3-1-2-11(18)8-13/h1-8,14,19H,9H2/t14-/m0/s1. The Labute approximate surface area is 137 Å². The number of halogens is 2. The number of rotatable bonds is 3. The number of imide groups is 1. The molecule has 1 aliphatic heterocycles. The van der Waals surface area contributed by atoms with Crippen molar-refractivity contribution in [2.75, 3.05) is 10.2 Å². The van der Waals surface area contributed by atoms with Gasteiger partial charge in [-0.3, -0.25) is 9.59 Å². The molecular weight excluding hydrogens is 323 g/mol. The number of nitrogens with zero attached hydrogens (tertiary/aromatic N) is 1. The van der Waals surface area contributed by atoms with E-state index in [4.69, 9.17) is 23.2 Å². The van der Waals surface area contributed by atoms with Crippen molar-refractivity contribution >= 4 is 46.4 Å². The molecule has 1 N–H and O–H groups in total. The summed E-state index contributed by atoms with van der Waals surface area (Å²) in [4.78, 5) is 25.8. The van der Waals surface area contributed by atoms with Gasteiger partial charge in [0.2, 0.25) is 5.91 Å². The van der Waals surface area contributed by atoms with Gasteiger partial charge >= 0.3 is 0 Å². The molecule has 1 aliphatic rings. The van der Waals surface area contributed by atoms with Crippen LogP contribution in [0.2, 0.25) is 10.0 Å². The van der Waals surface area contributed by atoms with Gasteiger partial charge in [0.05, 0.1) is 12.1 Å². The maximum absolute atomic E-state index is 12.5. The molecule has 0 aromatic heterocycles. The minimum Gasteiger partial charge on any atom is -0.373 e. The lowest BCUT2D eigenvalue weighted by molar-refractivity contribution is -0.121. The second-order valence-electron chi connectivity index (χ2n) is 4.96. The Hall–Kier alpha value is -2.04. The Bertz CT molecular complexity index is 731. The van der Waals surface area contributed by atoms with Crippen LogP contribution in [0.25, 0.3) is 0 Å². The molecule has 6 heteroatoms. The van der Waals surface area contributed by atoms with Crippen molar-refractivity contribution in [2.45, 2.75) is 12.5 Å². The Morgan fingerprint density at radius 2 is 1.73 bits per heavy atom. The molecule has 1 heterocycles. The summed E-state index contributed by atoms with van der Waals surface area (Å²) in [6.45, 7) is 0. The fraction of sp³-hybridized carbons (Fsp3) is 0.125. The molecule has 1 fully saturated rings. The van der Waals surface area contributed by atoms with Crippen LogP contribution in [0.4, 0.5) is 11.4 Å². The topological polar surface area (TPSA) is 49.4 Å². The van der Waals surface area contributed by atoms with Gasteiger partial charge in [-0.1, -0.05) is 29.3 Å². The number of anilines is 2. The molecule has 1 saturated heterocycles. The predicted octanol–water partition coefficient (Wildman–Crippen LogP) is 3.74. The minimum atomic E-state index is -0.590. The molecule has 4 nitrogen and oxygen atoms in total. The Kier molecular flexibility index (Phi) is 4.05. The summed E-state index contributed by atoms with van der Waals surface area (Å²) in [5.41, 5.74) is 1.23. The van der Waals surface area contributed by atoms with Crippen molar-refractivity contribution in [1.29, 1.82) is 0 Å². The number of amides is 2. The SMILES string of the molecule is O=C1C[C@H](Nc2ccc(Cl)cc2)C(=O)N1c1cccc(Cl)c1. The summed E-state index contributed by atoms with van der Waals surface area (Å²) in [6.07, 6.45) is 0.105. The summed E-state index contributed by atoms with van der Waals surface area (Å²) < 4.78 is 0. The quantitative estimate of drug-likeness (QED) is 0.870. The smallest absolute Gasteiger partial charge is 0.256 e. The van der Waals surface area contributed by atoms with Crippen LogP contribution in [0.1, 0.15) is 6.42 Å². The third-order valence-corrected chi connectivity index (χ3v) is 3.89. The zero-order valence-corrected chi connectivity index (χ0v) is 12.9. The highest BCUT2D eigenvalue weighted by Gasteiger charge is 2.39. The lowest BCUT2D eigenvalue weighted by atomic mass is 10.2. The molecule has 0 saturated carbocycles. The Balaban J connectivity index is 1.81. The average Bonchev–Trinajstić information content (AvgIpc) is 2.76. The monoisotopic (exact) mass is 334 g/mol. The highest BCUT2D eigenvalue weighted by atomic mass is 35.5. The van der Waals surface area contributed by atoms with Gasteiger partial charge in [0.15, 0.2) is 0 Å². The van der Waals surface area contributed by atoms with Crippen LogP contribution in [0.3, 0.4) is 0 Å². The van der Waals surface area contributed by atoms with Crippen LogP contribution >= 0.6 is 23.2 Å². The second-order valence-corrected chi connectivity index (χ2v) is 5.83. The summed E-state index contributed by atoms with van der Waals surface area (Å²) in [5, 5.41) is 4.15. The number of carbonyl (C=O) groups is 2. The zero-order valence-electron chi connectivity index (χ0n) is 11.4. The normalized spacial score (nSPS) is 17.9. The lowest BCUT2D eigenvalue weighted by Gasteiger charge is -2.16. The molecule has 2 amide bonds. The van der Waals surface area contributed by atoms with E-state index in [9.17, 15) is 9.59 Å². The number of hydrogen-bond acceptors (Lipinski definition) is 3. The van der Waals surface area contributed by atoms with Crippen LogP contribution in [0.15, 0.2) is 48.5 Å². The Morgan fingerprint density at radius 1 is 1.00 bits per heavy atom. The van der Waals surface area contributed by atoms with Crippen molar-refractivity contribution in [2.24, 2.45) is 0 Å². The predicted molar refractivity (Wildman–Crippen MR) is 87.4 cm³/mol. The van der Waals surface area contributed by atoms with Gasteiger partial charge in [-0.05, 0) is 42.5 Å². The van der Waals surface area contributed by atoms with Gasteiger partial charge in [-0.15, -0.1) is 0 Å². The highest BCUT2D eigenvalue weighted by Crippen LogP contribution is 2.27. The third-order valence-electron chi connectivity index (χ3n) is 3.40. The summed E-state index contributed by atoms with van der Waals surface area (Å²) in [5.74, 6) is -0.541. The third kappa shape index (κ3) is 2.93. The molecule has 2 aromatic carbocycles. The van der Waals surface area contributed by atoms with Crippen molar-refractivity contribution in [1.82, 2.24) is 0 Å². The summed E-state index contributed by atoms with van der Waals surface area (Å²) in [7, 11) is 0. The molecule has 0 unspecified atom stereocenters. The van der Waals surface area contributed by atoms with Crippen molar-refractivity contribution in [3.05, 3.63) is 58.6 Å². The summed E-state index contributed by atoms with van der Waals surface area (Å²) >= 11 is 11.8. The molecule has 112 valence electrons. The van der Waals surface area contributed by atoms with Crippen molar-refractivity contribution in [3.63, 3.8) is 0 Å². The van der Waals surface area contributed by atoms with E-state index in [1.54, 1.807) is 48.5 Å². The van der Waals surface area contributed by atoms with Gasteiger partial charge in [0.25, 0.3) is 5.91 Å². The van der Waals surface area contributed by atoms with Gasteiger partial charge in [-0.25, -0.2) is 4.90 Å². The van der Waals surface area contributed by atoms with Crippen LogP contribution < -0.4 is 10.2 Å². The van der Waals surface area contributed by atoms with Crippen LogP contribution in [0, 0.1) is 0 Å². The maximum Gasteiger partial charge on any atom is 0.256 e. The first-order valence-electron chi connectivity index (χ1n) is 6.69. The van der Waals surface area contributed by atoms with Gasteiger partial charge < -0.3 is 5.32 Å². The van der Waals surface area contributed by atoms with E-state index >= 15 is 0 Å². The Morgan fingerprint density at radius 3 is 2.41 bits per heavy atom. The molecular formula is C16H12Cl2N2O2. The van der Waals surface area contributed by atoms with Gasteiger partial charge in [-0.2, -0.15) is 0 Å². The van der Waals surface area contributed by atoms with E-state index < -0.39 is 6.04 Å². The first-order valence-corrected chi connectivity index (χ1v) is 7.44. The van der Waals surface area contributed by atoms with Crippen molar-refractivity contribution in [3.8, 4) is 0 Å². The highest BCUT2D eigenvalue weighted by molar-refractivity contribution is 6.31. The van der Waals surface area contributed by atoms with Crippen LogP contribution in [-0.4, -0.2) is 17.9 Å². The van der Waals surface area contributed by atoms with E-state index in [0.29, 0.717) is 15.7 Å². The van der Waals surface area contributed by atoms with Crippen LogP contribution in [-0.2, 0) is 9.59 Å². The van der Waals surface area contributed by atoms with Gasteiger partial charge in [0.1, 0.15) is 6.04 Å². The first-order chi connectivity index (χ1) is 10.5. The molecule has 0 bridgehead atoms. The van der Waals surface area contributed by atoms with E-state index in [2.05, 4.69) is 5.32 Å². The fourth-order valence-corrected chi connectivity index (χ4v) is 2.69. The number of benzene rings is 2. The van der Waals surface area contributed by atoms with Crippen LogP contribution in [0.5, 0.6) is 0 Å². The van der Waals surface area contributed by atoms with Crippen molar-refractivity contribution < 1.29 is 9.59 Å². The average molecular weight is 335 g/mol. The molecule has 0 radical (unpaired) electrons. The van der Waals surface area contributed by atoms with E-state index in [-0.39, 0.29) is 18.2 Å². The molecule has 22 heavy (non-hydrogen) atoms. The van der Waals surface area contributed by atoms with E-state index in [1.807, 2.05) is 0 Å². The number of nitrogens with one attached hydrogen (secondary N) is 1. The first kappa shape index (κ1) is 14.9. The number of carbonyl (C=O) groups excluding carboxylic acids is 2. The second kappa shape index (κ2) is 5.99. The number of hydrogen-bond donors (Lipinski definition) is 1. The largest absolute Gasteiger partial charge is 0.373 e.